The van der Waals surface area contributed by atoms with Crippen molar-refractivity contribution in [1.82, 2.24) is 9.38 Å². The van der Waals surface area contributed by atoms with Crippen molar-refractivity contribution in [2.24, 2.45) is 4.99 Å². The number of fused-ring (bicyclic) bond motifs is 2. The maximum Gasteiger partial charge on any atom is 0.228 e. The van der Waals surface area contributed by atoms with Gasteiger partial charge in [-0.2, -0.15) is 0 Å². The Kier molecular flexibility index (Phi) is 3.04. The van der Waals surface area contributed by atoms with Crippen LogP contribution in [0, 0.1) is 0 Å². The summed E-state index contributed by atoms with van der Waals surface area (Å²) in [6, 6.07) is 11.0. The summed E-state index contributed by atoms with van der Waals surface area (Å²) in [5.41, 5.74) is 1.41. The number of hydrogen-bond acceptors (Lipinski definition) is 4. The van der Waals surface area contributed by atoms with Crippen molar-refractivity contribution in [1.29, 1.82) is 0 Å². The van der Waals surface area contributed by atoms with Crippen molar-refractivity contribution < 1.29 is 9.53 Å². The largest absolute Gasteiger partial charge is 0.478 e. The third-order valence-corrected chi connectivity index (χ3v) is 4.10. The van der Waals surface area contributed by atoms with Crippen LogP contribution in [0.4, 0.5) is 0 Å². The van der Waals surface area contributed by atoms with Crippen LogP contribution in [0.1, 0.15) is 16.2 Å². The van der Waals surface area contributed by atoms with Gasteiger partial charge in [-0.15, -0.1) is 0 Å². The lowest BCUT2D eigenvalue weighted by Crippen LogP contribution is -2.29. The van der Waals surface area contributed by atoms with E-state index in [-0.39, 0.29) is 5.78 Å². The van der Waals surface area contributed by atoms with E-state index in [9.17, 15) is 4.79 Å². The molecule has 0 aliphatic carbocycles. The zero-order valence-corrected chi connectivity index (χ0v) is 12.9. The van der Waals surface area contributed by atoms with Crippen LogP contribution in [0.2, 0.25) is 0 Å². The Hall–Kier alpha value is -2.47. The average Bonchev–Trinajstić information content (AvgIpc) is 2.91. The second-order valence-corrected chi connectivity index (χ2v) is 5.61. The highest BCUT2D eigenvalue weighted by atomic mass is 79.9. The van der Waals surface area contributed by atoms with Gasteiger partial charge in [-0.1, -0.05) is 6.07 Å². The fraction of sp³-hybridized carbons (Fsp3) is 0.0625. The molecule has 1 aliphatic rings. The van der Waals surface area contributed by atoms with E-state index in [1.54, 1.807) is 22.8 Å². The highest BCUT2D eigenvalue weighted by Gasteiger charge is 2.18. The maximum atomic E-state index is 12.8. The van der Waals surface area contributed by atoms with Gasteiger partial charge in [0, 0.05) is 17.0 Å². The zero-order chi connectivity index (χ0) is 15.1. The lowest BCUT2D eigenvalue weighted by atomic mass is 10.1. The lowest BCUT2D eigenvalue weighted by Gasteiger charge is -2.04. The quantitative estimate of drug-likeness (QED) is 0.657. The normalized spacial score (nSPS) is 13.0. The van der Waals surface area contributed by atoms with E-state index in [1.807, 2.05) is 30.5 Å². The molecule has 0 amide bonds. The van der Waals surface area contributed by atoms with Crippen LogP contribution in [0.5, 0.6) is 0 Å². The second kappa shape index (κ2) is 5.06. The van der Waals surface area contributed by atoms with Crippen molar-refractivity contribution >= 4 is 33.5 Å². The number of aromatic nitrogens is 2. The number of ketones is 1. The molecule has 0 radical (unpaired) electrons. The van der Waals surface area contributed by atoms with Crippen LogP contribution in [-0.2, 0) is 4.74 Å². The molecule has 108 valence electrons. The summed E-state index contributed by atoms with van der Waals surface area (Å²) in [4.78, 5) is 21.3. The van der Waals surface area contributed by atoms with Crippen molar-refractivity contribution in [2.75, 3.05) is 6.73 Å². The van der Waals surface area contributed by atoms with Crippen molar-refractivity contribution in [2.45, 2.75) is 0 Å². The number of rotatable bonds is 2. The van der Waals surface area contributed by atoms with Crippen LogP contribution >= 0.6 is 15.9 Å². The van der Waals surface area contributed by atoms with Gasteiger partial charge in [-0.3, -0.25) is 9.20 Å². The standard InChI is InChI=1S/C16H10BrN3O2/c17-15-13-3-1-2-6-20(13)16(19-15)14(21)10-4-5-12-11(7-10)8-22-9-18-12/h1-8H,9H2. The minimum atomic E-state index is -0.145. The molecule has 4 rings (SSSR count). The van der Waals surface area contributed by atoms with Crippen LogP contribution in [0.15, 0.2) is 52.2 Å². The van der Waals surface area contributed by atoms with E-state index >= 15 is 0 Å². The number of ether oxygens (including phenoxy) is 1. The Morgan fingerprint density at radius 3 is 3.09 bits per heavy atom. The molecule has 6 heteroatoms. The molecule has 0 saturated heterocycles. The zero-order valence-electron chi connectivity index (χ0n) is 11.4. The van der Waals surface area contributed by atoms with E-state index in [0.717, 1.165) is 16.1 Å². The Bertz CT molecular complexity index is 1020. The predicted molar refractivity (Wildman–Crippen MR) is 84.0 cm³/mol. The number of carbonyl (C=O) groups is 1. The number of carbonyl (C=O) groups excluding carboxylic acids is 1. The van der Waals surface area contributed by atoms with Gasteiger partial charge in [0.15, 0.2) is 12.6 Å². The Morgan fingerprint density at radius 1 is 1.27 bits per heavy atom. The van der Waals surface area contributed by atoms with E-state index < -0.39 is 0 Å². The van der Waals surface area contributed by atoms with Gasteiger partial charge < -0.3 is 4.74 Å². The predicted octanol–water partition coefficient (Wildman–Crippen LogP) is 1.67. The topological polar surface area (TPSA) is 56.0 Å². The number of halogens is 1. The molecule has 0 fully saturated rings. The Morgan fingerprint density at radius 2 is 2.18 bits per heavy atom. The second-order valence-electron chi connectivity index (χ2n) is 4.86. The number of nitrogens with zero attached hydrogens (tertiary/aromatic N) is 3. The van der Waals surface area contributed by atoms with Crippen LogP contribution in [0.3, 0.4) is 0 Å². The lowest BCUT2D eigenvalue weighted by molar-refractivity contribution is 0.102. The van der Waals surface area contributed by atoms with E-state index in [2.05, 4.69) is 25.9 Å². The monoisotopic (exact) mass is 355 g/mol. The highest BCUT2D eigenvalue weighted by Crippen LogP contribution is 2.20. The fourth-order valence-electron chi connectivity index (χ4n) is 2.46. The van der Waals surface area contributed by atoms with Gasteiger partial charge >= 0.3 is 0 Å². The first-order valence-electron chi connectivity index (χ1n) is 6.68. The fourth-order valence-corrected chi connectivity index (χ4v) is 2.95. The van der Waals surface area contributed by atoms with Crippen LogP contribution in [0.25, 0.3) is 11.8 Å². The molecule has 0 N–H and O–H groups in total. The van der Waals surface area contributed by atoms with E-state index in [0.29, 0.717) is 22.7 Å². The van der Waals surface area contributed by atoms with E-state index in [4.69, 9.17) is 4.74 Å². The third-order valence-electron chi connectivity index (χ3n) is 3.52. The summed E-state index contributed by atoms with van der Waals surface area (Å²) in [5.74, 6) is 0.227. The van der Waals surface area contributed by atoms with Crippen molar-refractivity contribution in [3.63, 3.8) is 0 Å². The summed E-state index contributed by atoms with van der Waals surface area (Å²) < 4.78 is 7.61. The average molecular weight is 356 g/mol. The maximum absolute atomic E-state index is 12.8. The molecule has 1 aromatic carbocycles. The van der Waals surface area contributed by atoms with E-state index in [1.165, 1.54) is 0 Å². The van der Waals surface area contributed by atoms with Gasteiger partial charge in [-0.25, -0.2) is 9.98 Å². The van der Waals surface area contributed by atoms with Crippen molar-refractivity contribution in [3.05, 3.63) is 69.2 Å². The Labute approximate surface area is 133 Å². The van der Waals surface area contributed by atoms with Gasteiger partial charge in [-0.05, 0) is 46.3 Å². The first-order chi connectivity index (χ1) is 10.7. The number of benzene rings is 1. The Balaban J connectivity index is 1.88. The number of hydrogen-bond donors (Lipinski definition) is 0. The minimum Gasteiger partial charge on any atom is -0.478 e. The molecular formula is C16H10BrN3O2. The summed E-state index contributed by atoms with van der Waals surface area (Å²) >= 11 is 3.39. The molecule has 3 heterocycles. The minimum absolute atomic E-state index is 0.145. The SMILES string of the molecule is O=C(c1ccc2c(c1)=COCN=2)c1nc(Br)c2ccccn12. The molecule has 0 atom stereocenters. The molecule has 0 saturated carbocycles. The molecule has 0 spiro atoms. The van der Waals surface area contributed by atoms with Gasteiger partial charge in [0.05, 0.1) is 17.1 Å². The number of imidazole rings is 1. The van der Waals surface area contributed by atoms with Crippen LogP contribution in [-0.4, -0.2) is 21.9 Å². The molecular weight excluding hydrogens is 346 g/mol. The summed E-state index contributed by atoms with van der Waals surface area (Å²) in [6.45, 7) is 0.318. The smallest absolute Gasteiger partial charge is 0.228 e. The number of pyridine rings is 1. The third kappa shape index (κ3) is 2.03. The first kappa shape index (κ1) is 13.2. The van der Waals surface area contributed by atoms with Crippen LogP contribution < -0.4 is 10.6 Å². The molecule has 5 nitrogen and oxygen atoms in total. The molecule has 3 aromatic rings. The molecule has 0 unspecified atom stereocenters. The highest BCUT2D eigenvalue weighted by molar-refractivity contribution is 9.10. The summed E-state index contributed by atoms with van der Waals surface area (Å²) in [7, 11) is 0. The molecule has 22 heavy (non-hydrogen) atoms. The van der Waals surface area contributed by atoms with Gasteiger partial charge in [0.1, 0.15) is 4.60 Å². The molecule has 2 aromatic heterocycles. The molecule has 1 aliphatic heterocycles. The summed E-state index contributed by atoms with van der Waals surface area (Å²) in [6.07, 6.45) is 3.45. The molecule has 0 bridgehead atoms. The summed E-state index contributed by atoms with van der Waals surface area (Å²) in [5, 5.41) is 1.63. The van der Waals surface area contributed by atoms with Crippen molar-refractivity contribution in [3.8, 4) is 0 Å². The van der Waals surface area contributed by atoms with Gasteiger partial charge in [0.2, 0.25) is 5.78 Å². The van der Waals surface area contributed by atoms with Gasteiger partial charge in [0.25, 0.3) is 0 Å². The first-order valence-corrected chi connectivity index (χ1v) is 7.47.